The molecule has 0 aliphatic rings. The molecule has 0 amide bonds. The Morgan fingerprint density at radius 3 is 0.884 bits per heavy atom. The zero-order valence-corrected chi connectivity index (χ0v) is 45.3. The maximum absolute atomic E-state index is 12.9. The summed E-state index contributed by atoms with van der Waals surface area (Å²) in [7, 11) is 0. The molecule has 0 bridgehead atoms. The van der Waals surface area contributed by atoms with Gasteiger partial charge in [0, 0.05) is 19.3 Å². The molecule has 0 saturated carbocycles. The maximum atomic E-state index is 12.9. The standard InChI is InChI=1S/C63H108O6/c1-4-7-10-13-16-19-22-25-28-30-32-35-38-41-44-47-50-53-56-62(65)68-59-60(58-67-61(64)55-52-49-46-43-40-37-34-27-24-21-18-15-12-9-6-3)69-63(66)57-54-51-48-45-42-39-36-33-31-29-26-23-20-17-14-11-8-5-2/h9,12,15,18,21,24,28-33,35-36,60H,4-8,10-11,13-14,16-17,19-20,22-23,25-27,34,37-59H2,1-3H3/b12-9-,18-15-,24-21-,30-28-,31-29-,35-32-,36-33-. The van der Waals surface area contributed by atoms with Gasteiger partial charge in [0.2, 0.25) is 0 Å². The predicted molar refractivity (Wildman–Crippen MR) is 297 cm³/mol. The van der Waals surface area contributed by atoms with Crippen molar-refractivity contribution in [2.24, 2.45) is 0 Å². The van der Waals surface area contributed by atoms with Crippen LogP contribution >= 0.6 is 0 Å². The van der Waals surface area contributed by atoms with Gasteiger partial charge in [-0.1, -0.05) is 254 Å². The van der Waals surface area contributed by atoms with Crippen LogP contribution in [0.3, 0.4) is 0 Å². The first-order valence-electron chi connectivity index (χ1n) is 29.2. The summed E-state index contributed by atoms with van der Waals surface area (Å²) in [5.74, 6) is -0.930. The summed E-state index contributed by atoms with van der Waals surface area (Å²) in [5.41, 5.74) is 0. The second-order valence-electron chi connectivity index (χ2n) is 19.3. The summed E-state index contributed by atoms with van der Waals surface area (Å²) >= 11 is 0. The van der Waals surface area contributed by atoms with E-state index in [1.807, 2.05) is 0 Å². The molecule has 0 aliphatic heterocycles. The lowest BCUT2D eigenvalue weighted by molar-refractivity contribution is -0.167. The van der Waals surface area contributed by atoms with Crippen LogP contribution in [-0.2, 0) is 28.6 Å². The Balaban J connectivity index is 4.45. The molecule has 0 aliphatic carbocycles. The maximum Gasteiger partial charge on any atom is 0.306 e. The number of carbonyl (C=O) groups is 3. The molecule has 0 rings (SSSR count). The van der Waals surface area contributed by atoms with E-state index in [0.29, 0.717) is 19.3 Å². The fourth-order valence-corrected chi connectivity index (χ4v) is 8.07. The van der Waals surface area contributed by atoms with Crippen molar-refractivity contribution in [1.82, 2.24) is 0 Å². The predicted octanol–water partition coefficient (Wildman–Crippen LogP) is 19.5. The first-order chi connectivity index (χ1) is 34.0. The minimum Gasteiger partial charge on any atom is -0.462 e. The second kappa shape index (κ2) is 57.2. The van der Waals surface area contributed by atoms with Gasteiger partial charge in [0.25, 0.3) is 0 Å². The number of unbranched alkanes of at least 4 members (excludes halogenated alkanes) is 31. The van der Waals surface area contributed by atoms with Crippen LogP contribution < -0.4 is 0 Å². The molecule has 0 heterocycles. The summed E-state index contributed by atoms with van der Waals surface area (Å²) in [6, 6.07) is 0. The molecule has 0 radical (unpaired) electrons. The van der Waals surface area contributed by atoms with E-state index in [0.717, 1.165) is 109 Å². The van der Waals surface area contributed by atoms with Crippen LogP contribution in [0.15, 0.2) is 85.1 Å². The largest absolute Gasteiger partial charge is 0.462 e. The monoisotopic (exact) mass is 961 g/mol. The zero-order chi connectivity index (χ0) is 50.0. The number of carbonyl (C=O) groups excluding carboxylic acids is 3. The second-order valence-corrected chi connectivity index (χ2v) is 19.3. The van der Waals surface area contributed by atoms with E-state index in [9.17, 15) is 14.4 Å². The molecule has 0 N–H and O–H groups in total. The molecule has 6 heteroatoms. The van der Waals surface area contributed by atoms with E-state index >= 15 is 0 Å². The van der Waals surface area contributed by atoms with Crippen molar-refractivity contribution in [2.75, 3.05) is 13.2 Å². The summed E-state index contributed by atoms with van der Waals surface area (Å²) in [6.45, 7) is 6.48. The Bertz CT molecular complexity index is 1330. The molecular weight excluding hydrogens is 853 g/mol. The molecular formula is C63H108O6. The Morgan fingerprint density at radius 1 is 0.304 bits per heavy atom. The van der Waals surface area contributed by atoms with Crippen molar-refractivity contribution in [3.63, 3.8) is 0 Å². The van der Waals surface area contributed by atoms with E-state index in [1.54, 1.807) is 0 Å². The minimum absolute atomic E-state index is 0.0945. The van der Waals surface area contributed by atoms with Crippen LogP contribution in [0.5, 0.6) is 0 Å². The topological polar surface area (TPSA) is 78.9 Å². The van der Waals surface area contributed by atoms with Crippen molar-refractivity contribution in [1.29, 1.82) is 0 Å². The van der Waals surface area contributed by atoms with Crippen LogP contribution in [0, 0.1) is 0 Å². The molecule has 0 fully saturated rings. The van der Waals surface area contributed by atoms with Crippen molar-refractivity contribution < 1.29 is 28.6 Å². The Labute approximate surface area is 426 Å². The molecule has 0 saturated heterocycles. The Hall–Kier alpha value is -3.41. The van der Waals surface area contributed by atoms with E-state index < -0.39 is 6.10 Å². The molecule has 1 unspecified atom stereocenters. The van der Waals surface area contributed by atoms with Gasteiger partial charge in [0.15, 0.2) is 6.10 Å². The quantitative estimate of drug-likeness (QED) is 0.0262. The molecule has 396 valence electrons. The first kappa shape index (κ1) is 65.6. The van der Waals surface area contributed by atoms with E-state index in [2.05, 4.69) is 106 Å². The van der Waals surface area contributed by atoms with Gasteiger partial charge >= 0.3 is 17.9 Å². The number of esters is 3. The molecule has 1 atom stereocenters. The smallest absolute Gasteiger partial charge is 0.306 e. The van der Waals surface area contributed by atoms with Crippen LogP contribution in [0.1, 0.15) is 278 Å². The molecule has 6 nitrogen and oxygen atoms in total. The van der Waals surface area contributed by atoms with Crippen molar-refractivity contribution in [2.45, 2.75) is 284 Å². The number of allylic oxidation sites excluding steroid dienone is 14. The highest BCUT2D eigenvalue weighted by Crippen LogP contribution is 2.15. The highest BCUT2D eigenvalue weighted by atomic mass is 16.6. The van der Waals surface area contributed by atoms with Crippen LogP contribution in [0.4, 0.5) is 0 Å². The number of hydrogen-bond donors (Lipinski definition) is 0. The van der Waals surface area contributed by atoms with Crippen molar-refractivity contribution in [3.05, 3.63) is 85.1 Å². The fourth-order valence-electron chi connectivity index (χ4n) is 8.07. The number of hydrogen-bond acceptors (Lipinski definition) is 6. The lowest BCUT2D eigenvalue weighted by Crippen LogP contribution is -2.30. The molecule has 0 aromatic carbocycles. The van der Waals surface area contributed by atoms with Crippen LogP contribution in [-0.4, -0.2) is 37.2 Å². The van der Waals surface area contributed by atoms with E-state index in [1.165, 1.54) is 128 Å². The third kappa shape index (κ3) is 55.4. The van der Waals surface area contributed by atoms with Gasteiger partial charge in [-0.2, -0.15) is 0 Å². The van der Waals surface area contributed by atoms with Gasteiger partial charge in [0.05, 0.1) is 0 Å². The molecule has 0 aromatic rings. The Kier molecular flexibility index (Phi) is 54.3. The molecule has 0 aromatic heterocycles. The summed E-state index contributed by atoms with van der Waals surface area (Å²) < 4.78 is 16.8. The van der Waals surface area contributed by atoms with Gasteiger partial charge in [-0.05, 0) is 89.9 Å². The highest BCUT2D eigenvalue weighted by Gasteiger charge is 2.19. The van der Waals surface area contributed by atoms with Crippen LogP contribution in [0.25, 0.3) is 0 Å². The number of ether oxygens (including phenoxy) is 3. The lowest BCUT2D eigenvalue weighted by Gasteiger charge is -2.18. The minimum atomic E-state index is -0.797. The molecule has 0 spiro atoms. The van der Waals surface area contributed by atoms with Gasteiger partial charge < -0.3 is 14.2 Å². The number of rotatable bonds is 52. The van der Waals surface area contributed by atoms with Gasteiger partial charge in [-0.25, -0.2) is 0 Å². The van der Waals surface area contributed by atoms with E-state index in [-0.39, 0.29) is 31.1 Å². The average molecular weight is 962 g/mol. The fraction of sp³-hybridized carbons (Fsp3) is 0.730. The van der Waals surface area contributed by atoms with Gasteiger partial charge in [-0.3, -0.25) is 14.4 Å². The van der Waals surface area contributed by atoms with Gasteiger partial charge in [-0.15, -0.1) is 0 Å². The van der Waals surface area contributed by atoms with Gasteiger partial charge in [0.1, 0.15) is 13.2 Å². The first-order valence-corrected chi connectivity index (χ1v) is 29.2. The lowest BCUT2D eigenvalue weighted by atomic mass is 10.1. The molecule has 69 heavy (non-hydrogen) atoms. The Morgan fingerprint density at radius 2 is 0.565 bits per heavy atom. The van der Waals surface area contributed by atoms with E-state index in [4.69, 9.17) is 14.2 Å². The SMILES string of the molecule is CC\C=C/C=C\C=C/CCCCCCCCCC(=O)OCC(COC(=O)CCCCCCC/C=C\C=C/CCCCCCCCC)OC(=O)CCCCCCC/C=C\C=C/CCCCCCCCC. The summed E-state index contributed by atoms with van der Waals surface area (Å²) in [5, 5.41) is 0. The highest BCUT2D eigenvalue weighted by molar-refractivity contribution is 5.71. The van der Waals surface area contributed by atoms with Crippen molar-refractivity contribution in [3.8, 4) is 0 Å². The summed E-state index contributed by atoms with van der Waals surface area (Å²) in [4.78, 5) is 38.2. The van der Waals surface area contributed by atoms with Crippen LogP contribution in [0.2, 0.25) is 0 Å². The normalized spacial score (nSPS) is 12.7. The summed E-state index contributed by atoms with van der Waals surface area (Å²) in [6.07, 6.45) is 74.3. The van der Waals surface area contributed by atoms with Crippen molar-refractivity contribution >= 4 is 17.9 Å². The third-order valence-corrected chi connectivity index (χ3v) is 12.5. The third-order valence-electron chi connectivity index (χ3n) is 12.5. The zero-order valence-electron chi connectivity index (χ0n) is 45.3. The average Bonchev–Trinajstić information content (AvgIpc) is 3.35.